The zero-order valence-corrected chi connectivity index (χ0v) is 57.8. The van der Waals surface area contributed by atoms with Gasteiger partial charge < -0.3 is 91.8 Å². The number of aliphatic hydroxyl groups is 5. The maximum Gasteiger partial charge on any atom is 0.304 e. The average Bonchev–Trinajstić information content (AvgIpc) is 0.804. The zero-order valence-electron chi connectivity index (χ0n) is 57.8. The topological polar surface area (TPSA) is 442 Å². The second kappa shape index (κ2) is 43.2. The van der Waals surface area contributed by atoms with Crippen LogP contribution in [0.1, 0.15) is 113 Å². The van der Waals surface area contributed by atoms with Gasteiger partial charge in [0.2, 0.25) is 6.29 Å². The molecular weight excluding hydrogens is 1270 g/mol. The summed E-state index contributed by atoms with van der Waals surface area (Å²) in [4.78, 5) is 21.6. The van der Waals surface area contributed by atoms with Gasteiger partial charge in [0.05, 0.1) is 83.4 Å². The summed E-state index contributed by atoms with van der Waals surface area (Å²) in [6, 6.07) is 19.5. The van der Waals surface area contributed by atoms with Gasteiger partial charge in [-0.2, -0.15) is 0 Å². The number of carbonyl (C=O) groups is 1. The number of azide groups is 4. The molecule has 32 nitrogen and oxygen atoms in total. The highest BCUT2D eigenvalue weighted by atomic mass is 16.8. The number of rotatable bonds is 22. The van der Waals surface area contributed by atoms with E-state index in [-0.39, 0.29) is 118 Å². The van der Waals surface area contributed by atoms with E-state index in [1.807, 2.05) is 67.6 Å². The molecule has 32 heteroatoms. The van der Waals surface area contributed by atoms with Crippen LogP contribution in [0.3, 0.4) is 0 Å². The first-order valence-corrected chi connectivity index (χ1v) is 33.4. The lowest BCUT2D eigenvalue weighted by Gasteiger charge is -2.48. The van der Waals surface area contributed by atoms with E-state index < -0.39 is 68.0 Å². The lowest BCUT2D eigenvalue weighted by Crippen LogP contribution is -2.59. The minimum absolute atomic E-state index is 0.00837. The first-order valence-electron chi connectivity index (χ1n) is 33.4. The Labute approximate surface area is 567 Å². The van der Waals surface area contributed by atoms with Gasteiger partial charge in [-0.25, -0.2) is 0 Å². The van der Waals surface area contributed by atoms with Crippen LogP contribution < -0.4 is 0 Å². The average molecular weight is 1370 g/mol. The molecule has 5 N–H and O–H groups in total. The van der Waals surface area contributed by atoms with Crippen molar-refractivity contribution in [3.63, 3.8) is 0 Å². The first kappa shape index (κ1) is 82.1. The monoisotopic (exact) mass is 1370 g/mol. The van der Waals surface area contributed by atoms with Crippen LogP contribution in [0, 0.1) is 59.2 Å². The number of aliphatic hydroxyl groups excluding tert-OH is 5. The van der Waals surface area contributed by atoms with Crippen molar-refractivity contribution in [3.05, 3.63) is 114 Å². The largest absolute Gasteiger partial charge is 0.436 e. The highest BCUT2D eigenvalue weighted by molar-refractivity contribution is 5.66. The molecule has 0 aliphatic carbocycles. The summed E-state index contributed by atoms with van der Waals surface area (Å²) >= 11 is 0. The molecule has 7 aliphatic heterocycles. The second-order valence-corrected chi connectivity index (χ2v) is 25.3. The summed E-state index contributed by atoms with van der Waals surface area (Å²) in [7, 11) is 0. The van der Waals surface area contributed by atoms with Gasteiger partial charge in [0.25, 0.3) is 0 Å². The Balaban J connectivity index is 0.000000222. The van der Waals surface area contributed by atoms with Crippen molar-refractivity contribution in [1.82, 2.24) is 0 Å². The summed E-state index contributed by atoms with van der Waals surface area (Å²) in [5.41, 5.74) is 34.7. The molecule has 7 fully saturated rings. The Morgan fingerprint density at radius 2 is 0.804 bits per heavy atom. The Bertz CT molecular complexity index is 2610. The summed E-state index contributed by atoms with van der Waals surface area (Å²) in [5, 5.41) is 61.7. The first-order chi connectivity index (χ1) is 46.6. The van der Waals surface area contributed by atoms with Gasteiger partial charge in [0, 0.05) is 93.5 Å². The Kier molecular flexibility index (Phi) is 36.5. The van der Waals surface area contributed by atoms with Gasteiger partial charge in [-0.15, -0.1) is 0 Å². The van der Waals surface area contributed by atoms with Crippen molar-refractivity contribution in [1.29, 1.82) is 0 Å². The van der Waals surface area contributed by atoms with E-state index in [9.17, 15) is 25.2 Å². The third-order valence-corrected chi connectivity index (χ3v) is 19.1. The fourth-order valence-electron chi connectivity index (χ4n) is 12.2. The third-order valence-electron chi connectivity index (χ3n) is 19.1. The quantitative estimate of drug-likeness (QED) is 0.0241. The van der Waals surface area contributed by atoms with Crippen molar-refractivity contribution in [2.24, 2.45) is 79.6 Å². The molecular formula is C65H104N12O20. The van der Waals surface area contributed by atoms with E-state index in [0.717, 1.165) is 17.5 Å². The molecule has 544 valence electrons. The highest BCUT2D eigenvalue weighted by Crippen LogP contribution is 2.42. The number of esters is 1. The number of carbonyl (C=O) groups excluding carboxylic acids is 1. The van der Waals surface area contributed by atoms with E-state index in [2.05, 4.69) is 102 Å². The Morgan fingerprint density at radius 1 is 0.443 bits per heavy atom. The lowest BCUT2D eigenvalue weighted by molar-refractivity contribution is -0.351. The molecule has 97 heavy (non-hydrogen) atoms. The van der Waals surface area contributed by atoms with E-state index in [4.69, 9.17) is 93.5 Å². The van der Waals surface area contributed by atoms with E-state index in [1.165, 1.54) is 6.92 Å². The summed E-state index contributed by atoms with van der Waals surface area (Å²) in [5.74, 6) is 1.79. The van der Waals surface area contributed by atoms with Crippen LogP contribution >= 0.6 is 0 Å². The standard InChI is InChI=1S/C17H23N3O4.C16H21N3O5.C12H22O3.C11H21N3O3.C9H17N3O5/c1-11-12(2)16(21-9-8-19-20-18)23-14-10-22-17(24-15(11)14)13-6-4-3-5-7-13;1-10-13(20)14-12(23-15(10)21-8-7-18-19-17)9-22-16(24-14)11-5-3-2-4-6-11;1-6-11-8(3)7(2)9(4)12(15-11)14-10(5)13;1-7-8(2)10(6-15)17-11(9(7)3)16-5-4-13-14-12;1-5-7(14)8(15)6(4-13)17-9(5)16-3-2-11-12-10/h3-7,11-12,14-17H,8-10H2,1-2H3;2-6,10,12-16,20H,7-9H2,1H3;7-9,11-12H,6H2,1-5H3;7-11,15H,4-6H2,1-3H3;5-9,13-15H,2-4H2,1H3/t11-,12?,14?,15+,16-,17?;10?,12?,13-,14-,15-,16?;7-,8-,9?,11?,12+;7-,8-,9?,10?,11+;5?,6?,7-,8-,9-/m11001/s1. The minimum Gasteiger partial charge on any atom is -0.436 e. The fraction of sp³-hybridized carbons (Fsp3) is 0.800. The van der Waals surface area contributed by atoms with Crippen LogP contribution in [0.25, 0.3) is 41.8 Å². The molecule has 0 spiro atoms. The van der Waals surface area contributed by atoms with Crippen LogP contribution in [0.2, 0.25) is 0 Å². The zero-order chi connectivity index (χ0) is 71.1. The number of ether oxygens (including phenoxy) is 14. The fourth-order valence-corrected chi connectivity index (χ4v) is 12.2. The molecule has 12 unspecified atom stereocenters. The molecule has 2 aromatic rings. The third kappa shape index (κ3) is 24.3. The number of benzene rings is 2. The van der Waals surface area contributed by atoms with Crippen molar-refractivity contribution in [3.8, 4) is 0 Å². The summed E-state index contributed by atoms with van der Waals surface area (Å²) < 4.78 is 79.7. The van der Waals surface area contributed by atoms with Crippen LogP contribution in [0.15, 0.2) is 81.1 Å². The van der Waals surface area contributed by atoms with E-state index >= 15 is 0 Å². The highest BCUT2D eigenvalue weighted by Gasteiger charge is 2.50. The SMILES string of the molecule is CC1[C@H](OCCN=[N+]=[N-])OC(CO)[C@@H](C)[C@@H]1C.CC1[C@H](OCCN=[N+]=[N-])OC(CO)[C@@H](O)[C@@H]1O.CC1[C@H](OCCN=[N+]=[N-])OC2COC(c3ccccc3)O[C@H]2[C@@H]1C.CC1[C@H](OCCN=[N+]=[N-])OC2COC(c3ccccc3)O[C@H]2[C@@H]1O.CCC1O[C@@H](OC(C)=O)C(C)[C@@H](C)[C@@H]1C. The number of nitrogens with zero attached hydrogens (tertiary/aromatic N) is 12. The lowest BCUT2D eigenvalue weighted by atomic mass is 9.78. The number of fused-ring (bicyclic) bond motifs is 2. The maximum absolute atomic E-state index is 10.9. The molecule has 7 heterocycles. The Hall–Kier alpha value is -5.57. The van der Waals surface area contributed by atoms with Crippen LogP contribution in [0.4, 0.5) is 0 Å². The van der Waals surface area contributed by atoms with Gasteiger partial charge in [0.15, 0.2) is 37.7 Å². The van der Waals surface area contributed by atoms with E-state index in [1.54, 1.807) is 6.92 Å². The molecule has 0 amide bonds. The van der Waals surface area contributed by atoms with Gasteiger partial charge >= 0.3 is 5.97 Å². The number of hydrogen-bond donors (Lipinski definition) is 5. The Morgan fingerprint density at radius 3 is 1.24 bits per heavy atom. The van der Waals surface area contributed by atoms with Gasteiger partial charge in [-0.3, -0.25) is 4.79 Å². The molecule has 27 atom stereocenters. The van der Waals surface area contributed by atoms with Gasteiger partial charge in [-0.05, 0) is 58.1 Å². The van der Waals surface area contributed by atoms with Crippen molar-refractivity contribution < 1.29 is 96.6 Å². The van der Waals surface area contributed by atoms with Crippen molar-refractivity contribution in [2.45, 2.75) is 195 Å². The van der Waals surface area contributed by atoms with Crippen LogP contribution in [0.5, 0.6) is 0 Å². The molecule has 2 aromatic carbocycles. The normalized spacial score (nSPS) is 37.2. The molecule has 7 saturated heterocycles. The summed E-state index contributed by atoms with van der Waals surface area (Å²) in [6.45, 7) is 26.5. The molecule has 0 saturated carbocycles. The second-order valence-electron chi connectivity index (χ2n) is 25.3. The molecule has 0 radical (unpaired) electrons. The van der Waals surface area contributed by atoms with E-state index in [0.29, 0.717) is 63.2 Å². The van der Waals surface area contributed by atoms with Crippen LogP contribution in [-0.4, -0.2) is 203 Å². The minimum atomic E-state index is -1.13. The molecule has 0 bridgehead atoms. The summed E-state index contributed by atoms with van der Waals surface area (Å²) in [6.07, 6.45) is -7.04. The van der Waals surface area contributed by atoms with Crippen molar-refractivity contribution >= 4 is 5.97 Å². The maximum atomic E-state index is 10.9. The molecule has 9 rings (SSSR count). The van der Waals surface area contributed by atoms with Gasteiger partial charge in [0.1, 0.15) is 30.5 Å². The van der Waals surface area contributed by atoms with Gasteiger partial charge in [-0.1, -0.05) is 157 Å². The predicted molar refractivity (Wildman–Crippen MR) is 349 cm³/mol. The van der Waals surface area contributed by atoms with Crippen molar-refractivity contribution in [2.75, 3.05) is 79.0 Å². The van der Waals surface area contributed by atoms with Crippen LogP contribution in [-0.2, 0) is 71.1 Å². The predicted octanol–water partition coefficient (Wildman–Crippen LogP) is 9.49. The molecule has 0 aromatic heterocycles. The molecule has 7 aliphatic rings. The smallest absolute Gasteiger partial charge is 0.304 e. The number of hydrogen-bond acceptors (Lipinski definition) is 24.